The van der Waals surface area contributed by atoms with Crippen molar-refractivity contribution in [1.82, 2.24) is 4.90 Å². The van der Waals surface area contributed by atoms with E-state index in [1.54, 1.807) is 7.11 Å². The lowest BCUT2D eigenvalue weighted by Crippen LogP contribution is -2.44. The molecule has 0 N–H and O–H groups in total. The molecule has 0 heterocycles. The summed E-state index contributed by atoms with van der Waals surface area (Å²) >= 11 is 5.61. The number of halogens is 1. The average molecular weight is 262 g/mol. The SMILES string of the molecule is COC1(CC(=O)N(C)CCCCCCl)CCC1. The number of alkyl halides is 1. The van der Waals surface area contributed by atoms with E-state index in [2.05, 4.69) is 0 Å². The van der Waals surface area contributed by atoms with E-state index in [9.17, 15) is 4.79 Å². The highest BCUT2D eigenvalue weighted by Gasteiger charge is 2.39. The highest BCUT2D eigenvalue weighted by atomic mass is 35.5. The van der Waals surface area contributed by atoms with Crippen molar-refractivity contribution in [2.45, 2.75) is 50.5 Å². The van der Waals surface area contributed by atoms with E-state index in [4.69, 9.17) is 16.3 Å². The van der Waals surface area contributed by atoms with Crippen molar-refractivity contribution in [2.75, 3.05) is 26.6 Å². The molecule has 0 aromatic carbocycles. The van der Waals surface area contributed by atoms with Crippen LogP contribution in [0.3, 0.4) is 0 Å². The Morgan fingerprint density at radius 2 is 2.06 bits per heavy atom. The van der Waals surface area contributed by atoms with Crippen molar-refractivity contribution in [2.24, 2.45) is 0 Å². The Bertz CT molecular complexity index is 236. The van der Waals surface area contributed by atoms with E-state index >= 15 is 0 Å². The van der Waals surface area contributed by atoms with Crippen LogP contribution in [-0.4, -0.2) is 43.0 Å². The van der Waals surface area contributed by atoms with Crippen molar-refractivity contribution in [3.63, 3.8) is 0 Å². The molecule has 0 bridgehead atoms. The van der Waals surface area contributed by atoms with Crippen LogP contribution < -0.4 is 0 Å². The number of rotatable bonds is 8. The number of unbranched alkanes of at least 4 members (excludes halogenated alkanes) is 2. The van der Waals surface area contributed by atoms with Gasteiger partial charge in [-0.25, -0.2) is 0 Å². The Labute approximate surface area is 109 Å². The maximum absolute atomic E-state index is 12.0. The first kappa shape index (κ1) is 14.8. The molecule has 4 heteroatoms. The Morgan fingerprint density at radius 3 is 2.53 bits per heavy atom. The van der Waals surface area contributed by atoms with E-state index in [-0.39, 0.29) is 11.5 Å². The molecule has 1 aliphatic carbocycles. The Balaban J connectivity index is 2.22. The fourth-order valence-corrected chi connectivity index (χ4v) is 2.37. The Morgan fingerprint density at radius 1 is 1.35 bits per heavy atom. The highest BCUT2D eigenvalue weighted by molar-refractivity contribution is 6.17. The first-order valence-electron chi connectivity index (χ1n) is 6.49. The van der Waals surface area contributed by atoms with Gasteiger partial charge in [-0.2, -0.15) is 0 Å². The van der Waals surface area contributed by atoms with Crippen molar-refractivity contribution in [3.8, 4) is 0 Å². The lowest BCUT2D eigenvalue weighted by molar-refractivity contribution is -0.142. The molecule has 1 aliphatic rings. The van der Waals surface area contributed by atoms with Crippen LogP contribution >= 0.6 is 11.6 Å². The number of methoxy groups -OCH3 is 1. The number of carbonyl (C=O) groups is 1. The topological polar surface area (TPSA) is 29.5 Å². The summed E-state index contributed by atoms with van der Waals surface area (Å²) in [5.41, 5.74) is -0.151. The maximum atomic E-state index is 12.0. The van der Waals surface area contributed by atoms with Crippen LogP contribution in [0.4, 0.5) is 0 Å². The van der Waals surface area contributed by atoms with E-state index in [0.717, 1.165) is 38.6 Å². The zero-order valence-corrected chi connectivity index (χ0v) is 11.8. The normalized spacial score (nSPS) is 17.6. The fraction of sp³-hybridized carbons (Fsp3) is 0.923. The van der Waals surface area contributed by atoms with Gasteiger partial charge in [0, 0.05) is 26.6 Å². The van der Waals surface area contributed by atoms with Gasteiger partial charge in [-0.15, -0.1) is 11.6 Å². The minimum Gasteiger partial charge on any atom is -0.378 e. The summed E-state index contributed by atoms with van der Waals surface area (Å²) in [6.07, 6.45) is 6.93. The van der Waals surface area contributed by atoms with Crippen LogP contribution in [0.5, 0.6) is 0 Å². The molecule has 0 aliphatic heterocycles. The van der Waals surface area contributed by atoms with Crippen LogP contribution in [-0.2, 0) is 9.53 Å². The minimum atomic E-state index is -0.151. The molecule has 0 atom stereocenters. The number of hydrogen-bond donors (Lipinski definition) is 0. The molecule has 0 saturated heterocycles. The molecule has 0 unspecified atom stereocenters. The first-order chi connectivity index (χ1) is 8.13. The average Bonchev–Trinajstić information content (AvgIpc) is 2.28. The molecule has 1 saturated carbocycles. The van der Waals surface area contributed by atoms with Gasteiger partial charge in [0.15, 0.2) is 0 Å². The van der Waals surface area contributed by atoms with Gasteiger partial charge >= 0.3 is 0 Å². The molecule has 1 amide bonds. The minimum absolute atomic E-state index is 0.151. The number of ether oxygens (including phenoxy) is 1. The van der Waals surface area contributed by atoms with Crippen molar-refractivity contribution < 1.29 is 9.53 Å². The second-order valence-electron chi connectivity index (χ2n) is 4.98. The lowest BCUT2D eigenvalue weighted by Gasteiger charge is -2.40. The van der Waals surface area contributed by atoms with Gasteiger partial charge in [0.05, 0.1) is 12.0 Å². The third-order valence-electron chi connectivity index (χ3n) is 3.72. The smallest absolute Gasteiger partial charge is 0.225 e. The molecular weight excluding hydrogens is 238 g/mol. The molecule has 0 aromatic heterocycles. The van der Waals surface area contributed by atoms with Gasteiger partial charge < -0.3 is 9.64 Å². The van der Waals surface area contributed by atoms with Crippen LogP contribution in [0.1, 0.15) is 44.9 Å². The standard InChI is InChI=1S/C13H24ClNO2/c1-15(10-5-3-4-9-14)12(16)11-13(17-2)7-6-8-13/h3-11H2,1-2H3. The summed E-state index contributed by atoms with van der Waals surface area (Å²) in [7, 11) is 3.60. The quantitative estimate of drug-likeness (QED) is 0.497. The predicted molar refractivity (Wildman–Crippen MR) is 70.4 cm³/mol. The summed E-state index contributed by atoms with van der Waals surface area (Å²) < 4.78 is 5.47. The van der Waals surface area contributed by atoms with Crippen molar-refractivity contribution >= 4 is 17.5 Å². The second-order valence-corrected chi connectivity index (χ2v) is 5.36. The number of amides is 1. The molecule has 0 spiro atoms. The number of hydrogen-bond acceptors (Lipinski definition) is 2. The van der Waals surface area contributed by atoms with Crippen LogP contribution in [0.25, 0.3) is 0 Å². The molecule has 3 nitrogen and oxygen atoms in total. The zero-order chi connectivity index (χ0) is 12.7. The summed E-state index contributed by atoms with van der Waals surface area (Å²) in [5, 5.41) is 0. The van der Waals surface area contributed by atoms with E-state index in [1.807, 2.05) is 11.9 Å². The number of nitrogens with zero attached hydrogens (tertiary/aromatic N) is 1. The molecule has 100 valence electrons. The highest BCUT2D eigenvalue weighted by Crippen LogP contribution is 2.38. The monoisotopic (exact) mass is 261 g/mol. The molecule has 0 aromatic rings. The van der Waals surface area contributed by atoms with Gasteiger partial charge in [0.2, 0.25) is 5.91 Å². The number of carbonyl (C=O) groups excluding carboxylic acids is 1. The third-order valence-corrected chi connectivity index (χ3v) is 3.99. The Kier molecular flexibility index (Phi) is 6.28. The van der Waals surface area contributed by atoms with Gasteiger partial charge in [0.1, 0.15) is 0 Å². The van der Waals surface area contributed by atoms with Crippen LogP contribution in [0.15, 0.2) is 0 Å². The van der Waals surface area contributed by atoms with Crippen LogP contribution in [0, 0.1) is 0 Å². The van der Waals surface area contributed by atoms with Gasteiger partial charge in [-0.05, 0) is 32.1 Å². The van der Waals surface area contributed by atoms with E-state index in [1.165, 1.54) is 6.42 Å². The second kappa shape index (κ2) is 7.22. The molecule has 17 heavy (non-hydrogen) atoms. The Hall–Kier alpha value is -0.280. The fourth-order valence-electron chi connectivity index (χ4n) is 2.18. The van der Waals surface area contributed by atoms with Gasteiger partial charge in [-0.3, -0.25) is 4.79 Å². The van der Waals surface area contributed by atoms with E-state index < -0.39 is 0 Å². The predicted octanol–water partition coefficient (Wildman–Crippen LogP) is 2.81. The molecule has 1 rings (SSSR count). The van der Waals surface area contributed by atoms with Crippen LogP contribution in [0.2, 0.25) is 0 Å². The molecule has 1 fully saturated rings. The lowest BCUT2D eigenvalue weighted by atomic mass is 9.77. The molecular formula is C13H24ClNO2. The first-order valence-corrected chi connectivity index (χ1v) is 7.02. The maximum Gasteiger partial charge on any atom is 0.225 e. The summed E-state index contributed by atoms with van der Waals surface area (Å²) in [4.78, 5) is 13.8. The van der Waals surface area contributed by atoms with Gasteiger partial charge in [0.25, 0.3) is 0 Å². The van der Waals surface area contributed by atoms with Crippen molar-refractivity contribution in [1.29, 1.82) is 0 Å². The van der Waals surface area contributed by atoms with E-state index in [0.29, 0.717) is 12.3 Å². The third kappa shape index (κ3) is 4.47. The van der Waals surface area contributed by atoms with Crippen molar-refractivity contribution in [3.05, 3.63) is 0 Å². The van der Waals surface area contributed by atoms with Gasteiger partial charge in [-0.1, -0.05) is 6.42 Å². The molecule has 0 radical (unpaired) electrons. The summed E-state index contributed by atoms with van der Waals surface area (Å²) in [5.74, 6) is 0.919. The zero-order valence-electron chi connectivity index (χ0n) is 11.0. The largest absolute Gasteiger partial charge is 0.378 e. The summed E-state index contributed by atoms with van der Waals surface area (Å²) in [6.45, 7) is 0.829. The summed E-state index contributed by atoms with van der Waals surface area (Å²) in [6, 6.07) is 0.